The van der Waals surface area contributed by atoms with Gasteiger partial charge in [-0.1, -0.05) is 72.8 Å². The number of carbonyl (C=O) groups excluding carboxylic acids is 2. The van der Waals surface area contributed by atoms with E-state index in [1.165, 1.54) is 5.56 Å². The summed E-state index contributed by atoms with van der Waals surface area (Å²) in [5.74, 6) is -0.622. The third-order valence-electron chi connectivity index (χ3n) is 6.83. The van der Waals surface area contributed by atoms with Crippen molar-refractivity contribution in [2.45, 2.75) is 44.2 Å². The predicted octanol–water partition coefficient (Wildman–Crippen LogP) is 3.54. The largest absolute Gasteiger partial charge is 0.361 e. The molecule has 0 aliphatic heterocycles. The Morgan fingerprint density at radius 3 is 2.24 bits per heavy atom. The van der Waals surface area contributed by atoms with Crippen molar-refractivity contribution in [2.75, 3.05) is 13.1 Å². The number of nitrogens with one attached hydrogen (secondary N) is 3. The van der Waals surface area contributed by atoms with E-state index >= 15 is 0 Å². The summed E-state index contributed by atoms with van der Waals surface area (Å²) in [7, 11) is 0. The lowest BCUT2D eigenvalue weighted by Crippen LogP contribution is -2.50. The van der Waals surface area contributed by atoms with E-state index in [1.54, 1.807) is 0 Å². The van der Waals surface area contributed by atoms with Crippen LogP contribution in [0, 0.1) is 0 Å². The number of carbonyl (C=O) groups is 2. The third kappa shape index (κ3) is 7.31. The number of rotatable bonds is 13. The molecule has 0 aliphatic carbocycles. The van der Waals surface area contributed by atoms with Gasteiger partial charge in [-0.05, 0) is 60.5 Å². The highest BCUT2D eigenvalue weighted by atomic mass is 16.2. The molecule has 2 atom stereocenters. The number of H-pyrrole nitrogens is 1. The molecule has 4 aromatic rings. The fourth-order valence-corrected chi connectivity index (χ4v) is 4.60. The van der Waals surface area contributed by atoms with Gasteiger partial charge in [0, 0.05) is 30.1 Å². The summed E-state index contributed by atoms with van der Waals surface area (Å²) in [4.78, 5) is 29.6. The molecule has 0 radical (unpaired) electrons. The molecule has 198 valence electrons. The molecular weight excluding hydrogens is 474 g/mol. The molecule has 0 fully saturated rings. The lowest BCUT2D eigenvalue weighted by Gasteiger charge is -2.21. The molecule has 1 heterocycles. The van der Waals surface area contributed by atoms with Gasteiger partial charge in [-0.2, -0.15) is 0 Å². The SMILES string of the molecule is NCCCCc1ccc(CCNC(=O)[C@H](Cc2c[nH]c3ccccc23)NC(=O)[C@H](N)c2ccccc2)cc1. The van der Waals surface area contributed by atoms with Gasteiger partial charge in [0.2, 0.25) is 11.8 Å². The first kappa shape index (κ1) is 27.1. The maximum absolute atomic E-state index is 13.3. The number of aromatic amines is 1. The van der Waals surface area contributed by atoms with Crippen LogP contribution in [0.3, 0.4) is 0 Å². The van der Waals surface area contributed by atoms with Crippen LogP contribution in [-0.4, -0.2) is 35.9 Å². The van der Waals surface area contributed by atoms with E-state index < -0.39 is 12.1 Å². The molecule has 0 saturated heterocycles. The number of unbranched alkanes of at least 4 members (excludes halogenated alkanes) is 1. The summed E-state index contributed by atoms with van der Waals surface area (Å²) < 4.78 is 0. The fourth-order valence-electron chi connectivity index (χ4n) is 4.60. The van der Waals surface area contributed by atoms with Crippen LogP contribution in [0.4, 0.5) is 0 Å². The Balaban J connectivity index is 1.40. The van der Waals surface area contributed by atoms with Gasteiger partial charge in [0.15, 0.2) is 0 Å². The average Bonchev–Trinajstić information content (AvgIpc) is 3.36. The van der Waals surface area contributed by atoms with E-state index in [0.717, 1.165) is 47.8 Å². The first-order chi connectivity index (χ1) is 18.5. The minimum atomic E-state index is -0.863. The number of para-hydroxylation sites is 1. The zero-order valence-corrected chi connectivity index (χ0v) is 21.7. The van der Waals surface area contributed by atoms with Crippen LogP contribution >= 0.6 is 0 Å². The molecule has 2 amide bonds. The van der Waals surface area contributed by atoms with Gasteiger partial charge in [-0.25, -0.2) is 0 Å². The molecular formula is C31H37N5O2. The highest BCUT2D eigenvalue weighted by Crippen LogP contribution is 2.20. The molecule has 1 aromatic heterocycles. The van der Waals surface area contributed by atoms with Crippen molar-refractivity contribution in [1.29, 1.82) is 0 Å². The second-order valence-electron chi connectivity index (χ2n) is 9.62. The van der Waals surface area contributed by atoms with Gasteiger partial charge >= 0.3 is 0 Å². The van der Waals surface area contributed by atoms with E-state index in [-0.39, 0.29) is 11.8 Å². The molecule has 4 rings (SSSR count). The fraction of sp³-hybridized carbons (Fsp3) is 0.290. The zero-order valence-electron chi connectivity index (χ0n) is 21.7. The van der Waals surface area contributed by atoms with E-state index in [1.807, 2.05) is 60.8 Å². The maximum Gasteiger partial charge on any atom is 0.242 e. The van der Waals surface area contributed by atoms with Crippen molar-refractivity contribution >= 4 is 22.7 Å². The van der Waals surface area contributed by atoms with Gasteiger partial charge in [0.1, 0.15) is 12.1 Å². The molecule has 0 saturated carbocycles. The molecule has 7 nitrogen and oxygen atoms in total. The summed E-state index contributed by atoms with van der Waals surface area (Å²) in [6.45, 7) is 1.19. The summed E-state index contributed by atoms with van der Waals surface area (Å²) in [6, 6.07) is 23.9. The Morgan fingerprint density at radius 1 is 0.816 bits per heavy atom. The normalized spacial score (nSPS) is 12.7. The first-order valence-corrected chi connectivity index (χ1v) is 13.3. The lowest BCUT2D eigenvalue weighted by atomic mass is 10.0. The molecule has 0 aliphatic rings. The quantitative estimate of drug-likeness (QED) is 0.176. The van der Waals surface area contributed by atoms with Crippen LogP contribution in [0.2, 0.25) is 0 Å². The van der Waals surface area contributed by atoms with Crippen LogP contribution < -0.4 is 22.1 Å². The number of benzene rings is 3. The topological polar surface area (TPSA) is 126 Å². The minimum Gasteiger partial charge on any atom is -0.361 e. The molecule has 38 heavy (non-hydrogen) atoms. The van der Waals surface area contributed by atoms with Crippen LogP contribution in [0.25, 0.3) is 10.9 Å². The van der Waals surface area contributed by atoms with E-state index in [4.69, 9.17) is 11.5 Å². The smallest absolute Gasteiger partial charge is 0.242 e. The molecule has 7 heteroatoms. The van der Waals surface area contributed by atoms with Gasteiger partial charge in [-0.3, -0.25) is 9.59 Å². The van der Waals surface area contributed by atoms with Gasteiger partial charge in [-0.15, -0.1) is 0 Å². The van der Waals surface area contributed by atoms with E-state index in [9.17, 15) is 9.59 Å². The zero-order chi connectivity index (χ0) is 26.7. The number of aromatic nitrogens is 1. The minimum absolute atomic E-state index is 0.234. The van der Waals surface area contributed by atoms with Crippen molar-refractivity contribution in [1.82, 2.24) is 15.6 Å². The van der Waals surface area contributed by atoms with Crippen molar-refractivity contribution < 1.29 is 9.59 Å². The van der Waals surface area contributed by atoms with E-state index in [2.05, 4.69) is 39.9 Å². The van der Waals surface area contributed by atoms with Crippen LogP contribution in [0.1, 0.15) is 41.1 Å². The summed E-state index contributed by atoms with van der Waals surface area (Å²) >= 11 is 0. The van der Waals surface area contributed by atoms with Crippen molar-refractivity contribution in [3.05, 3.63) is 107 Å². The molecule has 3 aromatic carbocycles. The summed E-state index contributed by atoms with van der Waals surface area (Å²) in [6.07, 6.45) is 6.08. The maximum atomic E-state index is 13.3. The monoisotopic (exact) mass is 511 g/mol. The van der Waals surface area contributed by atoms with E-state index in [0.29, 0.717) is 24.9 Å². The van der Waals surface area contributed by atoms with Gasteiger partial charge in [0.25, 0.3) is 0 Å². The molecule has 0 bridgehead atoms. The Hall–Kier alpha value is -3.94. The number of hydrogen-bond acceptors (Lipinski definition) is 4. The average molecular weight is 512 g/mol. The number of aryl methyl sites for hydroxylation is 1. The van der Waals surface area contributed by atoms with Gasteiger partial charge in [0.05, 0.1) is 0 Å². The van der Waals surface area contributed by atoms with Crippen LogP contribution in [0.15, 0.2) is 85.1 Å². The van der Waals surface area contributed by atoms with Crippen LogP contribution in [-0.2, 0) is 28.9 Å². The Kier molecular flexibility index (Phi) is 9.67. The predicted molar refractivity (Wildman–Crippen MR) is 152 cm³/mol. The summed E-state index contributed by atoms with van der Waals surface area (Å²) in [5.41, 5.74) is 16.9. The number of fused-ring (bicyclic) bond motifs is 1. The number of nitrogens with two attached hydrogens (primary N) is 2. The molecule has 0 unspecified atom stereocenters. The second kappa shape index (κ2) is 13.6. The Morgan fingerprint density at radius 2 is 1.50 bits per heavy atom. The van der Waals surface area contributed by atoms with Crippen molar-refractivity contribution in [3.63, 3.8) is 0 Å². The lowest BCUT2D eigenvalue weighted by molar-refractivity contribution is -0.129. The second-order valence-corrected chi connectivity index (χ2v) is 9.62. The first-order valence-electron chi connectivity index (χ1n) is 13.3. The standard InChI is InChI=1S/C31H37N5O2/c32-18-7-6-8-22-13-15-23(16-14-22)17-19-34-30(37)28(20-25-21-35-27-12-5-4-11-26(25)27)36-31(38)29(33)24-9-2-1-3-10-24/h1-5,9-16,21,28-29,35H,6-8,17-20,32-33H2,(H,34,37)(H,36,38)/t28-,29+/m0/s1. The highest BCUT2D eigenvalue weighted by Gasteiger charge is 2.25. The Bertz CT molecular complexity index is 1320. The summed E-state index contributed by atoms with van der Waals surface area (Å²) in [5, 5.41) is 6.94. The van der Waals surface area contributed by atoms with Crippen molar-refractivity contribution in [3.8, 4) is 0 Å². The Labute approximate surface area is 224 Å². The molecule has 0 spiro atoms. The van der Waals surface area contributed by atoms with Crippen LogP contribution in [0.5, 0.6) is 0 Å². The molecule has 7 N–H and O–H groups in total. The number of amides is 2. The van der Waals surface area contributed by atoms with Crippen molar-refractivity contribution in [2.24, 2.45) is 11.5 Å². The highest BCUT2D eigenvalue weighted by molar-refractivity contribution is 5.91. The van der Waals surface area contributed by atoms with Gasteiger partial charge < -0.3 is 27.1 Å². The number of hydrogen-bond donors (Lipinski definition) is 5. The third-order valence-corrected chi connectivity index (χ3v) is 6.83.